The van der Waals surface area contributed by atoms with Crippen LogP contribution in [0.25, 0.3) is 0 Å². The molecule has 0 aliphatic carbocycles. The average Bonchev–Trinajstić information content (AvgIpc) is 3.19. The van der Waals surface area contributed by atoms with E-state index in [0.717, 1.165) is 31.5 Å². The van der Waals surface area contributed by atoms with Crippen LogP contribution in [0.5, 0.6) is 0 Å². The van der Waals surface area contributed by atoms with Crippen LogP contribution in [0.1, 0.15) is 24.8 Å². The highest BCUT2D eigenvalue weighted by Crippen LogP contribution is 2.23. The lowest BCUT2D eigenvalue weighted by molar-refractivity contribution is -0.121. The molecule has 134 valence electrons. The van der Waals surface area contributed by atoms with Gasteiger partial charge >= 0.3 is 0 Å². The molecular weight excluding hydrogens is 316 g/mol. The van der Waals surface area contributed by atoms with Crippen molar-refractivity contribution in [3.63, 3.8) is 0 Å². The summed E-state index contributed by atoms with van der Waals surface area (Å²) >= 11 is 0. The first kappa shape index (κ1) is 17.5. The third-order valence-corrected chi connectivity index (χ3v) is 4.79. The summed E-state index contributed by atoms with van der Waals surface area (Å²) in [6, 6.07) is 10.2. The third kappa shape index (κ3) is 5.06. The monoisotopic (exact) mass is 342 g/mol. The number of amides is 1. The van der Waals surface area contributed by atoms with Crippen LogP contribution < -0.4 is 10.2 Å². The summed E-state index contributed by atoms with van der Waals surface area (Å²) in [7, 11) is 0. The van der Waals surface area contributed by atoms with E-state index in [4.69, 9.17) is 0 Å². The molecule has 1 aliphatic rings. The summed E-state index contributed by atoms with van der Waals surface area (Å²) in [5, 5.41) is 16.3. The van der Waals surface area contributed by atoms with E-state index >= 15 is 0 Å². The second kappa shape index (κ2) is 8.67. The number of hydrogen-bond donors (Lipinski definition) is 2. The van der Waals surface area contributed by atoms with Gasteiger partial charge in [-0.1, -0.05) is 12.1 Å². The number of carbonyl (C=O) groups excluding carboxylic acids is 1. The molecular formula is C19H26N4O2. The van der Waals surface area contributed by atoms with Gasteiger partial charge in [0, 0.05) is 57.3 Å². The molecule has 0 spiro atoms. The molecule has 2 aromatic rings. The van der Waals surface area contributed by atoms with Gasteiger partial charge in [0.15, 0.2) is 0 Å². The molecule has 2 N–H and O–H groups in total. The van der Waals surface area contributed by atoms with Crippen molar-refractivity contribution in [2.45, 2.75) is 32.4 Å². The fourth-order valence-electron chi connectivity index (χ4n) is 3.14. The molecule has 1 amide bonds. The zero-order valence-corrected chi connectivity index (χ0v) is 14.5. The number of rotatable bonds is 7. The predicted molar refractivity (Wildman–Crippen MR) is 97.2 cm³/mol. The molecule has 0 unspecified atom stereocenters. The minimum absolute atomic E-state index is 0.0330. The van der Waals surface area contributed by atoms with Gasteiger partial charge in [0.25, 0.3) is 0 Å². The molecule has 1 aromatic carbocycles. The first-order valence-corrected chi connectivity index (χ1v) is 8.93. The van der Waals surface area contributed by atoms with Crippen LogP contribution in [0.2, 0.25) is 0 Å². The fraction of sp³-hybridized carbons (Fsp3) is 0.474. The van der Waals surface area contributed by atoms with Crippen molar-refractivity contribution in [2.75, 3.05) is 24.6 Å². The smallest absolute Gasteiger partial charge is 0.222 e. The number of nitrogens with one attached hydrogen (secondary N) is 1. The lowest BCUT2D eigenvalue weighted by Crippen LogP contribution is -2.34. The molecule has 0 atom stereocenters. The number of aryl methyl sites for hydroxylation is 1. The van der Waals surface area contributed by atoms with E-state index in [9.17, 15) is 9.90 Å². The van der Waals surface area contributed by atoms with Gasteiger partial charge in [-0.3, -0.25) is 9.48 Å². The fourth-order valence-corrected chi connectivity index (χ4v) is 3.14. The summed E-state index contributed by atoms with van der Waals surface area (Å²) < 4.78 is 1.76. The molecule has 0 saturated carbocycles. The number of benzene rings is 1. The zero-order chi connectivity index (χ0) is 17.5. The van der Waals surface area contributed by atoms with Crippen LogP contribution in [0, 0.1) is 5.92 Å². The zero-order valence-electron chi connectivity index (χ0n) is 14.5. The normalized spacial score (nSPS) is 15.3. The van der Waals surface area contributed by atoms with Gasteiger partial charge in [0.05, 0.1) is 0 Å². The molecule has 25 heavy (non-hydrogen) atoms. The minimum Gasteiger partial charge on any atom is -0.396 e. The van der Waals surface area contributed by atoms with Crippen molar-refractivity contribution in [3.8, 4) is 0 Å². The highest BCUT2D eigenvalue weighted by Gasteiger charge is 2.18. The SMILES string of the molecule is O=C(CCn1cccn1)NCc1ccc(N2CCC(CO)CC2)cc1. The Morgan fingerprint density at radius 3 is 2.64 bits per heavy atom. The van der Waals surface area contributed by atoms with E-state index in [1.807, 2.05) is 12.3 Å². The Hall–Kier alpha value is -2.34. The van der Waals surface area contributed by atoms with Crippen LogP contribution in [0.3, 0.4) is 0 Å². The summed E-state index contributed by atoms with van der Waals surface area (Å²) in [6.07, 6.45) is 6.09. The van der Waals surface area contributed by atoms with Crippen molar-refractivity contribution in [1.82, 2.24) is 15.1 Å². The van der Waals surface area contributed by atoms with Crippen molar-refractivity contribution < 1.29 is 9.90 Å². The molecule has 0 bridgehead atoms. The molecule has 6 heteroatoms. The van der Waals surface area contributed by atoms with E-state index in [2.05, 4.69) is 39.6 Å². The lowest BCUT2D eigenvalue weighted by Gasteiger charge is -2.33. The number of aromatic nitrogens is 2. The number of anilines is 1. The number of aliphatic hydroxyl groups is 1. The van der Waals surface area contributed by atoms with Crippen molar-refractivity contribution in [3.05, 3.63) is 48.3 Å². The van der Waals surface area contributed by atoms with Gasteiger partial charge in [-0.05, 0) is 42.5 Å². The number of nitrogens with zero attached hydrogens (tertiary/aromatic N) is 3. The Balaban J connectivity index is 1.42. The summed E-state index contributed by atoms with van der Waals surface area (Å²) in [6.45, 7) is 3.43. The highest BCUT2D eigenvalue weighted by atomic mass is 16.3. The second-order valence-electron chi connectivity index (χ2n) is 6.58. The van der Waals surface area contributed by atoms with Gasteiger partial charge in [-0.15, -0.1) is 0 Å². The van der Waals surface area contributed by atoms with E-state index in [-0.39, 0.29) is 5.91 Å². The predicted octanol–water partition coefficient (Wildman–Crippen LogP) is 1.80. The van der Waals surface area contributed by atoms with E-state index in [1.165, 1.54) is 5.69 Å². The summed E-state index contributed by atoms with van der Waals surface area (Å²) in [4.78, 5) is 14.3. The molecule has 1 aliphatic heterocycles. The number of aliphatic hydroxyl groups excluding tert-OH is 1. The number of hydrogen-bond acceptors (Lipinski definition) is 4. The van der Waals surface area contributed by atoms with E-state index < -0.39 is 0 Å². The van der Waals surface area contributed by atoms with Crippen LogP contribution in [0.4, 0.5) is 5.69 Å². The topological polar surface area (TPSA) is 70.4 Å². The molecule has 1 fully saturated rings. The Kier molecular flexibility index (Phi) is 6.06. The van der Waals surface area contributed by atoms with Gasteiger partial charge < -0.3 is 15.3 Å². The Labute approximate surface area is 148 Å². The van der Waals surface area contributed by atoms with Gasteiger partial charge in [0.2, 0.25) is 5.91 Å². The Morgan fingerprint density at radius 1 is 1.24 bits per heavy atom. The maximum absolute atomic E-state index is 11.9. The quantitative estimate of drug-likeness (QED) is 0.805. The maximum atomic E-state index is 11.9. The Bertz CT molecular complexity index is 647. The molecule has 0 radical (unpaired) electrons. The van der Waals surface area contributed by atoms with E-state index in [0.29, 0.717) is 32.0 Å². The van der Waals surface area contributed by atoms with Crippen molar-refractivity contribution in [2.24, 2.45) is 5.92 Å². The van der Waals surface area contributed by atoms with Gasteiger partial charge in [-0.25, -0.2) is 0 Å². The van der Waals surface area contributed by atoms with Gasteiger partial charge in [0.1, 0.15) is 0 Å². The average molecular weight is 342 g/mol. The largest absolute Gasteiger partial charge is 0.396 e. The first-order chi connectivity index (χ1) is 12.2. The van der Waals surface area contributed by atoms with Crippen LogP contribution >= 0.6 is 0 Å². The van der Waals surface area contributed by atoms with Crippen molar-refractivity contribution >= 4 is 11.6 Å². The van der Waals surface area contributed by atoms with Gasteiger partial charge in [-0.2, -0.15) is 5.10 Å². The second-order valence-corrected chi connectivity index (χ2v) is 6.58. The highest BCUT2D eigenvalue weighted by molar-refractivity contribution is 5.75. The summed E-state index contributed by atoms with van der Waals surface area (Å²) in [5.74, 6) is 0.484. The third-order valence-electron chi connectivity index (χ3n) is 4.79. The molecule has 1 aromatic heterocycles. The van der Waals surface area contributed by atoms with Crippen LogP contribution in [-0.2, 0) is 17.9 Å². The minimum atomic E-state index is 0.0330. The molecule has 6 nitrogen and oxygen atoms in total. The standard InChI is InChI=1S/C19H26N4O2/c24-15-17-6-11-22(12-7-17)18-4-2-16(3-5-18)14-20-19(25)8-13-23-10-1-9-21-23/h1-5,9-10,17,24H,6-8,11-15H2,(H,20,25). The van der Waals surface area contributed by atoms with Crippen molar-refractivity contribution in [1.29, 1.82) is 0 Å². The Morgan fingerprint density at radius 2 is 2.00 bits per heavy atom. The van der Waals surface area contributed by atoms with Crippen LogP contribution in [0.15, 0.2) is 42.7 Å². The number of piperidine rings is 1. The molecule has 2 heterocycles. The number of carbonyl (C=O) groups is 1. The molecule has 1 saturated heterocycles. The van der Waals surface area contributed by atoms with E-state index in [1.54, 1.807) is 10.9 Å². The van der Waals surface area contributed by atoms with Crippen LogP contribution in [-0.4, -0.2) is 40.5 Å². The lowest BCUT2D eigenvalue weighted by atomic mass is 9.97. The molecule has 3 rings (SSSR count). The maximum Gasteiger partial charge on any atom is 0.222 e. The summed E-state index contributed by atoms with van der Waals surface area (Å²) in [5.41, 5.74) is 2.31. The first-order valence-electron chi connectivity index (χ1n) is 8.93.